The molecule has 1 saturated carbocycles. The summed E-state index contributed by atoms with van der Waals surface area (Å²) in [5.74, 6) is -0.961. The Morgan fingerprint density at radius 2 is 1.76 bits per heavy atom. The Morgan fingerprint density at radius 1 is 1.16 bits per heavy atom. The van der Waals surface area contributed by atoms with Gasteiger partial charge in [0.15, 0.2) is 0 Å². The molecule has 0 atom stereocenters. The summed E-state index contributed by atoms with van der Waals surface area (Å²) in [6.07, 6.45) is 2.56. The van der Waals surface area contributed by atoms with Crippen LogP contribution in [0.2, 0.25) is 0 Å². The number of benzene rings is 1. The highest BCUT2D eigenvalue weighted by Gasteiger charge is 2.34. The van der Waals surface area contributed by atoms with Crippen molar-refractivity contribution in [1.29, 1.82) is 0 Å². The first-order valence-corrected chi connectivity index (χ1v) is 8.46. The minimum atomic E-state index is -0.315. The second kappa shape index (κ2) is 7.04. The second-order valence-electron chi connectivity index (χ2n) is 6.50. The average Bonchev–Trinajstić information content (AvgIpc) is 3.37. The van der Waals surface area contributed by atoms with Crippen LogP contribution in [-0.4, -0.2) is 59.6 Å². The first kappa shape index (κ1) is 17.1. The third kappa shape index (κ3) is 3.87. The molecular weight excluding hydrogens is 322 g/mol. The standard InChI is InChI=1S/C18H21N3O4/c1-20(11-15(22)19-12-8-9-12)16(23)7-4-10-21-17(24)13-5-2-3-6-14(13)18(21)25/h2-3,5-6,12H,4,7-11H2,1H3,(H,19,22). The molecule has 1 heterocycles. The molecular formula is C18H21N3O4. The summed E-state index contributed by atoms with van der Waals surface area (Å²) < 4.78 is 0. The average molecular weight is 343 g/mol. The van der Waals surface area contributed by atoms with Crippen LogP contribution >= 0.6 is 0 Å². The Bertz CT molecular complexity index is 692. The number of nitrogens with one attached hydrogen (secondary N) is 1. The van der Waals surface area contributed by atoms with E-state index in [1.54, 1.807) is 31.3 Å². The molecule has 1 fully saturated rings. The van der Waals surface area contributed by atoms with Crippen LogP contribution in [0.5, 0.6) is 0 Å². The van der Waals surface area contributed by atoms with Gasteiger partial charge >= 0.3 is 0 Å². The summed E-state index contributed by atoms with van der Waals surface area (Å²) in [6.45, 7) is 0.225. The molecule has 1 N–H and O–H groups in total. The van der Waals surface area contributed by atoms with Crippen molar-refractivity contribution in [2.45, 2.75) is 31.7 Å². The Balaban J connectivity index is 1.45. The lowest BCUT2D eigenvalue weighted by atomic mass is 10.1. The van der Waals surface area contributed by atoms with E-state index in [-0.39, 0.29) is 49.2 Å². The number of rotatable bonds is 7. The Kier molecular flexibility index (Phi) is 4.83. The van der Waals surface area contributed by atoms with Gasteiger partial charge in [-0.3, -0.25) is 24.1 Å². The molecule has 3 rings (SSSR count). The molecule has 4 amide bonds. The van der Waals surface area contributed by atoms with Gasteiger partial charge in [-0.05, 0) is 31.4 Å². The first-order chi connectivity index (χ1) is 12.0. The van der Waals surface area contributed by atoms with E-state index in [1.165, 1.54) is 9.80 Å². The number of amides is 4. The van der Waals surface area contributed by atoms with Crippen molar-refractivity contribution in [1.82, 2.24) is 15.1 Å². The van der Waals surface area contributed by atoms with E-state index < -0.39 is 0 Å². The fourth-order valence-corrected chi connectivity index (χ4v) is 2.83. The Hall–Kier alpha value is -2.70. The number of fused-ring (bicyclic) bond motifs is 1. The molecule has 1 aliphatic carbocycles. The lowest BCUT2D eigenvalue weighted by Gasteiger charge is -2.18. The summed E-state index contributed by atoms with van der Waals surface area (Å²) in [6, 6.07) is 6.97. The molecule has 7 heteroatoms. The highest BCUT2D eigenvalue weighted by atomic mass is 16.2. The summed E-state index contributed by atoms with van der Waals surface area (Å²) in [4.78, 5) is 50.8. The molecule has 25 heavy (non-hydrogen) atoms. The van der Waals surface area contributed by atoms with Crippen molar-refractivity contribution >= 4 is 23.6 Å². The summed E-state index contributed by atoms with van der Waals surface area (Å²) in [5, 5.41) is 2.83. The minimum absolute atomic E-state index is 0.0301. The van der Waals surface area contributed by atoms with Gasteiger partial charge in [-0.2, -0.15) is 0 Å². The lowest BCUT2D eigenvalue weighted by Crippen LogP contribution is -2.39. The zero-order valence-electron chi connectivity index (χ0n) is 14.2. The van der Waals surface area contributed by atoms with Crippen LogP contribution < -0.4 is 5.32 Å². The van der Waals surface area contributed by atoms with Gasteiger partial charge in [-0.1, -0.05) is 12.1 Å². The highest BCUT2D eigenvalue weighted by Crippen LogP contribution is 2.22. The molecule has 7 nitrogen and oxygen atoms in total. The molecule has 0 spiro atoms. The van der Waals surface area contributed by atoms with Crippen molar-refractivity contribution in [2.75, 3.05) is 20.1 Å². The van der Waals surface area contributed by atoms with Crippen molar-refractivity contribution in [2.24, 2.45) is 0 Å². The number of likely N-dealkylation sites (N-methyl/N-ethyl adjacent to an activating group) is 1. The second-order valence-corrected chi connectivity index (χ2v) is 6.50. The molecule has 2 aliphatic rings. The summed E-state index contributed by atoms with van der Waals surface area (Å²) in [7, 11) is 1.58. The highest BCUT2D eigenvalue weighted by molar-refractivity contribution is 6.21. The van der Waals surface area contributed by atoms with Crippen LogP contribution in [0, 0.1) is 0 Å². The molecule has 1 aromatic rings. The fraction of sp³-hybridized carbons (Fsp3) is 0.444. The van der Waals surface area contributed by atoms with Crippen molar-refractivity contribution < 1.29 is 19.2 Å². The van der Waals surface area contributed by atoms with Crippen molar-refractivity contribution in [3.8, 4) is 0 Å². The topological polar surface area (TPSA) is 86.8 Å². The van der Waals surface area contributed by atoms with E-state index in [0.717, 1.165) is 12.8 Å². The number of carbonyl (C=O) groups is 4. The number of nitrogens with zero attached hydrogens (tertiary/aromatic N) is 2. The fourth-order valence-electron chi connectivity index (χ4n) is 2.83. The van der Waals surface area contributed by atoms with Crippen LogP contribution in [0.15, 0.2) is 24.3 Å². The van der Waals surface area contributed by atoms with Gasteiger partial charge in [0.05, 0.1) is 17.7 Å². The molecule has 1 aromatic carbocycles. The molecule has 0 bridgehead atoms. The van der Waals surface area contributed by atoms with Gasteiger partial charge in [0, 0.05) is 26.1 Å². The Morgan fingerprint density at radius 3 is 2.32 bits per heavy atom. The zero-order valence-corrected chi connectivity index (χ0v) is 14.2. The van der Waals surface area contributed by atoms with Gasteiger partial charge in [0.1, 0.15) is 0 Å². The third-order valence-corrected chi connectivity index (χ3v) is 4.40. The van der Waals surface area contributed by atoms with Gasteiger partial charge in [0.25, 0.3) is 11.8 Å². The van der Waals surface area contributed by atoms with E-state index in [1.807, 2.05) is 0 Å². The van der Waals surface area contributed by atoms with Crippen LogP contribution in [0.25, 0.3) is 0 Å². The van der Waals surface area contributed by atoms with E-state index in [0.29, 0.717) is 17.5 Å². The van der Waals surface area contributed by atoms with E-state index in [2.05, 4.69) is 5.32 Å². The van der Waals surface area contributed by atoms with Gasteiger partial charge in [-0.15, -0.1) is 0 Å². The van der Waals surface area contributed by atoms with Crippen LogP contribution in [-0.2, 0) is 9.59 Å². The Labute approximate surface area is 146 Å². The van der Waals surface area contributed by atoms with Gasteiger partial charge < -0.3 is 10.2 Å². The SMILES string of the molecule is CN(CC(=O)NC1CC1)C(=O)CCCN1C(=O)c2ccccc2C1=O. The number of hydrogen-bond acceptors (Lipinski definition) is 4. The number of imide groups is 1. The maximum atomic E-state index is 12.2. The smallest absolute Gasteiger partial charge is 0.261 e. The van der Waals surface area contributed by atoms with Gasteiger partial charge in [-0.25, -0.2) is 0 Å². The van der Waals surface area contributed by atoms with E-state index >= 15 is 0 Å². The van der Waals surface area contributed by atoms with Crippen LogP contribution in [0.1, 0.15) is 46.4 Å². The molecule has 132 valence electrons. The van der Waals surface area contributed by atoms with E-state index in [4.69, 9.17) is 0 Å². The molecule has 0 unspecified atom stereocenters. The van der Waals surface area contributed by atoms with Crippen molar-refractivity contribution in [3.05, 3.63) is 35.4 Å². The molecule has 0 saturated heterocycles. The maximum Gasteiger partial charge on any atom is 0.261 e. The summed E-state index contributed by atoms with van der Waals surface area (Å²) in [5.41, 5.74) is 0.820. The molecule has 1 aliphatic heterocycles. The quantitative estimate of drug-likeness (QED) is 0.742. The maximum absolute atomic E-state index is 12.2. The predicted octanol–water partition coefficient (Wildman–Crippen LogP) is 0.800. The number of hydrogen-bond donors (Lipinski definition) is 1. The number of carbonyl (C=O) groups excluding carboxylic acids is 4. The monoisotopic (exact) mass is 343 g/mol. The molecule has 0 aromatic heterocycles. The molecule has 0 radical (unpaired) electrons. The lowest BCUT2D eigenvalue weighted by molar-refractivity contribution is -0.134. The minimum Gasteiger partial charge on any atom is -0.352 e. The summed E-state index contributed by atoms with van der Waals surface area (Å²) >= 11 is 0. The zero-order chi connectivity index (χ0) is 18.0. The van der Waals surface area contributed by atoms with Crippen LogP contribution in [0.4, 0.5) is 0 Å². The van der Waals surface area contributed by atoms with Gasteiger partial charge in [0.2, 0.25) is 11.8 Å². The van der Waals surface area contributed by atoms with Crippen molar-refractivity contribution in [3.63, 3.8) is 0 Å². The predicted molar refractivity (Wildman–Crippen MR) is 89.8 cm³/mol. The van der Waals surface area contributed by atoms with Crippen LogP contribution in [0.3, 0.4) is 0 Å². The largest absolute Gasteiger partial charge is 0.352 e. The van der Waals surface area contributed by atoms with E-state index in [9.17, 15) is 19.2 Å². The third-order valence-electron chi connectivity index (χ3n) is 4.40. The normalized spacial score (nSPS) is 16.0. The first-order valence-electron chi connectivity index (χ1n) is 8.46.